The van der Waals surface area contributed by atoms with Crippen molar-refractivity contribution >= 4 is 23.2 Å². The topological polar surface area (TPSA) is 52.9 Å². The first-order valence-corrected chi connectivity index (χ1v) is 4.41. The minimum atomic E-state index is -0.167. The van der Waals surface area contributed by atoms with E-state index in [9.17, 15) is 4.79 Å². The van der Waals surface area contributed by atoms with Crippen molar-refractivity contribution in [2.75, 3.05) is 5.32 Å². The fourth-order valence-corrected chi connectivity index (χ4v) is 1.39. The van der Waals surface area contributed by atoms with Crippen LogP contribution in [0.3, 0.4) is 0 Å². The van der Waals surface area contributed by atoms with Crippen LogP contribution in [0.2, 0.25) is 5.02 Å². The lowest BCUT2D eigenvalue weighted by Crippen LogP contribution is -2.07. The normalized spacial score (nSPS) is 9.29. The minimum absolute atomic E-state index is 0.167. The Bertz CT molecular complexity index is 421. The summed E-state index contributed by atoms with van der Waals surface area (Å²) in [7, 11) is 0. The predicted octanol–water partition coefficient (Wildman–Crippen LogP) is 2.48. The first-order valence-electron chi connectivity index (χ1n) is 4.03. The maximum absolute atomic E-state index is 10.8. The van der Waals surface area contributed by atoms with E-state index in [1.807, 2.05) is 6.07 Å². The van der Waals surface area contributed by atoms with Gasteiger partial charge in [-0.2, -0.15) is 5.26 Å². The predicted molar refractivity (Wildman–Crippen MR) is 55.2 cm³/mol. The van der Waals surface area contributed by atoms with Gasteiger partial charge in [-0.3, -0.25) is 4.79 Å². The monoisotopic (exact) mass is 208 g/mol. The SMILES string of the molecule is CC(=O)Nc1ccc(Cl)c(C#N)c1C. The van der Waals surface area contributed by atoms with Crippen molar-refractivity contribution in [3.8, 4) is 6.07 Å². The Labute approximate surface area is 87.3 Å². The number of carbonyl (C=O) groups is 1. The summed E-state index contributed by atoms with van der Waals surface area (Å²) >= 11 is 5.80. The molecule has 0 unspecified atom stereocenters. The Morgan fingerprint density at radius 1 is 1.57 bits per heavy atom. The van der Waals surface area contributed by atoms with Crippen LogP contribution in [0.25, 0.3) is 0 Å². The van der Waals surface area contributed by atoms with Gasteiger partial charge in [0, 0.05) is 12.6 Å². The molecule has 3 nitrogen and oxygen atoms in total. The number of rotatable bonds is 1. The summed E-state index contributed by atoms with van der Waals surface area (Å²) < 4.78 is 0. The molecule has 0 spiro atoms. The molecule has 1 rings (SSSR count). The smallest absolute Gasteiger partial charge is 0.221 e. The fourth-order valence-electron chi connectivity index (χ4n) is 1.14. The number of nitrogens with zero attached hydrogens (tertiary/aromatic N) is 1. The number of anilines is 1. The first kappa shape index (κ1) is 10.6. The van der Waals surface area contributed by atoms with Crippen LogP contribution in [0, 0.1) is 18.3 Å². The molecule has 0 aromatic heterocycles. The lowest BCUT2D eigenvalue weighted by Gasteiger charge is -2.08. The van der Waals surface area contributed by atoms with Gasteiger partial charge >= 0.3 is 0 Å². The largest absolute Gasteiger partial charge is 0.326 e. The molecule has 1 N–H and O–H groups in total. The van der Waals surface area contributed by atoms with E-state index in [0.29, 0.717) is 21.8 Å². The molecule has 4 heteroatoms. The van der Waals surface area contributed by atoms with Crippen LogP contribution in [0.1, 0.15) is 18.1 Å². The number of nitriles is 1. The van der Waals surface area contributed by atoms with Gasteiger partial charge in [0.15, 0.2) is 0 Å². The van der Waals surface area contributed by atoms with Crippen molar-refractivity contribution in [3.63, 3.8) is 0 Å². The van der Waals surface area contributed by atoms with Gasteiger partial charge in [-0.1, -0.05) is 11.6 Å². The zero-order valence-electron chi connectivity index (χ0n) is 7.89. The van der Waals surface area contributed by atoms with Gasteiger partial charge in [-0.05, 0) is 24.6 Å². The second-order valence-corrected chi connectivity index (χ2v) is 3.30. The zero-order chi connectivity index (χ0) is 10.7. The molecule has 0 heterocycles. The number of amides is 1. The number of halogens is 1. The van der Waals surface area contributed by atoms with E-state index in [0.717, 1.165) is 0 Å². The van der Waals surface area contributed by atoms with E-state index in [-0.39, 0.29) is 5.91 Å². The van der Waals surface area contributed by atoms with Crippen molar-refractivity contribution in [1.29, 1.82) is 5.26 Å². The molecular formula is C10H9ClN2O. The number of nitrogens with one attached hydrogen (secondary N) is 1. The molecule has 1 aromatic rings. The molecule has 1 aromatic carbocycles. The summed E-state index contributed by atoms with van der Waals surface area (Å²) in [6.07, 6.45) is 0. The summed E-state index contributed by atoms with van der Waals surface area (Å²) in [6, 6.07) is 5.27. The zero-order valence-corrected chi connectivity index (χ0v) is 8.64. The minimum Gasteiger partial charge on any atom is -0.326 e. The highest BCUT2D eigenvalue weighted by Crippen LogP contribution is 2.25. The number of benzene rings is 1. The van der Waals surface area contributed by atoms with Gasteiger partial charge < -0.3 is 5.32 Å². The third-order valence-electron chi connectivity index (χ3n) is 1.84. The van der Waals surface area contributed by atoms with E-state index in [2.05, 4.69) is 5.32 Å². The average molecular weight is 209 g/mol. The van der Waals surface area contributed by atoms with Gasteiger partial charge in [-0.15, -0.1) is 0 Å². The molecule has 0 fully saturated rings. The molecule has 0 radical (unpaired) electrons. The van der Waals surface area contributed by atoms with Gasteiger partial charge in [-0.25, -0.2) is 0 Å². The van der Waals surface area contributed by atoms with Crippen LogP contribution in [0.5, 0.6) is 0 Å². The number of carbonyl (C=O) groups excluding carboxylic acids is 1. The maximum atomic E-state index is 10.8. The van der Waals surface area contributed by atoms with Crippen LogP contribution in [-0.2, 0) is 4.79 Å². The first-order chi connectivity index (χ1) is 6.56. The van der Waals surface area contributed by atoms with E-state index in [4.69, 9.17) is 16.9 Å². The lowest BCUT2D eigenvalue weighted by molar-refractivity contribution is -0.114. The van der Waals surface area contributed by atoms with Crippen molar-refractivity contribution in [2.45, 2.75) is 13.8 Å². The molecule has 0 saturated carbocycles. The Hall–Kier alpha value is -1.53. The van der Waals surface area contributed by atoms with Crippen molar-refractivity contribution in [3.05, 3.63) is 28.3 Å². The highest BCUT2D eigenvalue weighted by Gasteiger charge is 2.08. The highest BCUT2D eigenvalue weighted by molar-refractivity contribution is 6.32. The summed E-state index contributed by atoms with van der Waals surface area (Å²) in [5, 5.41) is 11.8. The fraction of sp³-hybridized carbons (Fsp3) is 0.200. The third kappa shape index (κ3) is 2.04. The van der Waals surface area contributed by atoms with Crippen LogP contribution >= 0.6 is 11.6 Å². The Kier molecular flexibility index (Phi) is 3.10. The van der Waals surface area contributed by atoms with Crippen LogP contribution in [0.15, 0.2) is 12.1 Å². The van der Waals surface area contributed by atoms with Crippen LogP contribution < -0.4 is 5.32 Å². The summed E-state index contributed by atoms with van der Waals surface area (Å²) in [5.74, 6) is -0.167. The van der Waals surface area contributed by atoms with E-state index in [1.54, 1.807) is 19.1 Å². The van der Waals surface area contributed by atoms with E-state index < -0.39 is 0 Å². The standard InChI is InChI=1S/C10H9ClN2O/c1-6-8(5-12)9(11)3-4-10(6)13-7(2)14/h3-4H,1-2H3,(H,13,14). The van der Waals surface area contributed by atoms with E-state index >= 15 is 0 Å². The third-order valence-corrected chi connectivity index (χ3v) is 2.15. The van der Waals surface area contributed by atoms with Gasteiger partial charge in [0.05, 0.1) is 10.6 Å². The molecule has 0 aliphatic heterocycles. The quantitative estimate of drug-likeness (QED) is 0.771. The summed E-state index contributed by atoms with van der Waals surface area (Å²) in [6.45, 7) is 3.16. The van der Waals surface area contributed by atoms with Crippen molar-refractivity contribution in [2.24, 2.45) is 0 Å². The van der Waals surface area contributed by atoms with Crippen LogP contribution in [0.4, 0.5) is 5.69 Å². The average Bonchev–Trinajstić information content (AvgIpc) is 2.10. The van der Waals surface area contributed by atoms with Gasteiger partial charge in [0.2, 0.25) is 5.91 Å². The Morgan fingerprint density at radius 3 is 2.71 bits per heavy atom. The molecule has 0 bridgehead atoms. The number of hydrogen-bond acceptors (Lipinski definition) is 2. The summed E-state index contributed by atoms with van der Waals surface area (Å²) in [5.41, 5.74) is 1.71. The molecule has 0 atom stereocenters. The van der Waals surface area contributed by atoms with Crippen LogP contribution in [-0.4, -0.2) is 5.91 Å². The number of hydrogen-bond donors (Lipinski definition) is 1. The highest BCUT2D eigenvalue weighted by atomic mass is 35.5. The second-order valence-electron chi connectivity index (χ2n) is 2.89. The molecule has 0 aliphatic carbocycles. The van der Waals surface area contributed by atoms with Gasteiger partial charge in [0.1, 0.15) is 6.07 Å². The maximum Gasteiger partial charge on any atom is 0.221 e. The van der Waals surface area contributed by atoms with Crippen molar-refractivity contribution in [1.82, 2.24) is 0 Å². The molecule has 14 heavy (non-hydrogen) atoms. The molecular weight excluding hydrogens is 200 g/mol. The summed E-state index contributed by atoms with van der Waals surface area (Å²) in [4.78, 5) is 10.8. The molecule has 0 saturated heterocycles. The Morgan fingerprint density at radius 2 is 2.21 bits per heavy atom. The molecule has 72 valence electrons. The van der Waals surface area contributed by atoms with Crippen molar-refractivity contribution < 1.29 is 4.79 Å². The molecule has 1 amide bonds. The van der Waals surface area contributed by atoms with E-state index in [1.165, 1.54) is 6.92 Å². The Balaban J connectivity index is 3.23. The lowest BCUT2D eigenvalue weighted by atomic mass is 10.1. The molecule has 0 aliphatic rings. The van der Waals surface area contributed by atoms with Gasteiger partial charge in [0.25, 0.3) is 0 Å². The second kappa shape index (κ2) is 4.12.